The van der Waals surface area contributed by atoms with Gasteiger partial charge in [-0.05, 0) is 0 Å². The van der Waals surface area contributed by atoms with Gasteiger partial charge in [0.15, 0.2) is 0 Å². The molecule has 0 radical (unpaired) electrons. The molecule has 0 saturated heterocycles. The smallest absolute Gasteiger partial charge is 0.318 e. The number of alkyl halides is 1. The molecule has 0 amide bonds. The van der Waals surface area contributed by atoms with E-state index < -0.39 is 5.97 Å². The lowest BCUT2D eigenvalue weighted by atomic mass is 10.8. The van der Waals surface area contributed by atoms with Gasteiger partial charge in [-0.3, -0.25) is 9.59 Å². The Hall–Kier alpha value is -0.770. The number of ether oxygens (including phenoxy) is 1. The zero-order valence-electron chi connectivity index (χ0n) is 5.76. The van der Waals surface area contributed by atoms with Crippen molar-refractivity contribution < 1.29 is 19.4 Å². The number of hydrogen-bond donors (Lipinski definition) is 1. The number of hydrogen-bond acceptors (Lipinski definition) is 3. The maximum absolute atomic E-state index is 9.59. The van der Waals surface area contributed by atoms with Gasteiger partial charge in [-0.15, -0.1) is 11.6 Å². The zero-order chi connectivity index (χ0) is 8.57. The van der Waals surface area contributed by atoms with Crippen LogP contribution in [-0.2, 0) is 14.3 Å². The van der Waals surface area contributed by atoms with Crippen LogP contribution in [0.2, 0.25) is 0 Å². The van der Waals surface area contributed by atoms with Crippen LogP contribution in [0.1, 0.15) is 6.92 Å². The van der Waals surface area contributed by atoms with Gasteiger partial charge in [0.05, 0.1) is 7.11 Å². The summed E-state index contributed by atoms with van der Waals surface area (Å²) >= 11 is 4.74. The van der Waals surface area contributed by atoms with Crippen LogP contribution in [0.4, 0.5) is 0 Å². The molecule has 0 aliphatic heterocycles. The van der Waals surface area contributed by atoms with Crippen LogP contribution in [-0.4, -0.2) is 30.0 Å². The monoisotopic (exact) mass is 168 g/mol. The summed E-state index contributed by atoms with van der Waals surface area (Å²) in [5.74, 6) is -1.53. The Bertz CT molecular complexity index is 98.2. The first kappa shape index (κ1) is 12.0. The van der Waals surface area contributed by atoms with E-state index in [9.17, 15) is 9.59 Å². The molecule has 0 aliphatic carbocycles. The fraction of sp³-hybridized carbons (Fsp3) is 0.600. The number of methoxy groups -OCH3 is 1. The van der Waals surface area contributed by atoms with Crippen LogP contribution < -0.4 is 0 Å². The maximum atomic E-state index is 9.59. The first-order valence-electron chi connectivity index (χ1n) is 2.37. The fourth-order valence-electron chi connectivity index (χ4n) is 0. The first-order valence-corrected chi connectivity index (χ1v) is 2.90. The van der Waals surface area contributed by atoms with E-state index in [1.807, 2.05) is 0 Å². The Labute approximate surface area is 63.7 Å². The van der Waals surface area contributed by atoms with E-state index in [0.29, 0.717) is 0 Å². The minimum atomic E-state index is -0.980. The van der Waals surface area contributed by atoms with E-state index in [1.54, 1.807) is 0 Å². The van der Waals surface area contributed by atoms with E-state index in [-0.39, 0.29) is 11.8 Å². The molecule has 0 saturated carbocycles. The molecule has 4 nitrogen and oxygen atoms in total. The van der Waals surface area contributed by atoms with E-state index in [4.69, 9.17) is 16.7 Å². The van der Waals surface area contributed by atoms with E-state index in [0.717, 1.165) is 0 Å². The quantitative estimate of drug-likeness (QED) is 0.457. The Morgan fingerprint density at radius 1 is 1.60 bits per heavy atom. The van der Waals surface area contributed by atoms with Crippen molar-refractivity contribution in [2.45, 2.75) is 6.92 Å². The first-order chi connectivity index (χ1) is 4.54. The van der Waals surface area contributed by atoms with Gasteiger partial charge in [-0.1, -0.05) is 0 Å². The lowest BCUT2D eigenvalue weighted by Gasteiger charge is -1.80. The summed E-state index contributed by atoms with van der Waals surface area (Å²) in [4.78, 5) is 18.8. The molecule has 0 aliphatic rings. The average Bonchev–Trinajstić information content (AvgIpc) is 1.89. The zero-order valence-corrected chi connectivity index (χ0v) is 6.51. The molecule has 0 aromatic carbocycles. The van der Waals surface area contributed by atoms with Gasteiger partial charge in [0, 0.05) is 6.92 Å². The summed E-state index contributed by atoms with van der Waals surface area (Å²) in [5, 5.41) is 7.59. The Balaban J connectivity index is 0. The van der Waals surface area contributed by atoms with Gasteiger partial charge in [0.1, 0.15) is 5.88 Å². The SMILES string of the molecule is COC(C)=O.O=C(O)CCl. The summed E-state index contributed by atoms with van der Waals surface area (Å²) in [7, 11) is 1.35. The molecular formula is C5H9ClO4. The molecule has 0 fully saturated rings. The van der Waals surface area contributed by atoms with Crippen molar-refractivity contribution in [3.8, 4) is 0 Å². The minimum absolute atomic E-state index is 0.245. The van der Waals surface area contributed by atoms with E-state index in [1.165, 1.54) is 14.0 Å². The highest BCUT2D eigenvalue weighted by molar-refractivity contribution is 6.26. The van der Waals surface area contributed by atoms with Crippen molar-refractivity contribution >= 4 is 23.5 Å². The molecule has 1 N–H and O–H groups in total. The van der Waals surface area contributed by atoms with Crippen molar-refractivity contribution in [2.24, 2.45) is 0 Å². The van der Waals surface area contributed by atoms with Crippen LogP contribution in [0.5, 0.6) is 0 Å². The minimum Gasteiger partial charge on any atom is -0.480 e. The van der Waals surface area contributed by atoms with Crippen molar-refractivity contribution in [3.63, 3.8) is 0 Å². The predicted molar refractivity (Wildman–Crippen MR) is 36.0 cm³/mol. The van der Waals surface area contributed by atoms with Crippen LogP contribution in [0.25, 0.3) is 0 Å². The summed E-state index contributed by atoms with van der Waals surface area (Å²) in [6.07, 6.45) is 0. The molecule has 0 aromatic heterocycles. The average molecular weight is 169 g/mol. The number of aliphatic carboxylic acids is 1. The topological polar surface area (TPSA) is 63.6 Å². The largest absolute Gasteiger partial charge is 0.480 e. The Morgan fingerprint density at radius 2 is 1.80 bits per heavy atom. The third-order valence-corrected chi connectivity index (χ3v) is 0.630. The van der Waals surface area contributed by atoms with Gasteiger partial charge in [-0.25, -0.2) is 0 Å². The standard InChI is InChI=1S/C3H6O2.C2H3ClO2/c1-3(4)5-2;3-1-2(4)5/h1-2H3;1H2,(H,4,5). The number of halogens is 1. The lowest BCUT2D eigenvalue weighted by Crippen LogP contribution is -1.92. The second-order valence-corrected chi connectivity index (χ2v) is 1.49. The van der Waals surface area contributed by atoms with Crippen LogP contribution in [0, 0.1) is 0 Å². The van der Waals surface area contributed by atoms with Crippen LogP contribution in [0.3, 0.4) is 0 Å². The molecule has 0 atom stereocenters. The maximum Gasteiger partial charge on any atom is 0.318 e. The van der Waals surface area contributed by atoms with Crippen molar-refractivity contribution in [2.75, 3.05) is 13.0 Å². The molecule has 0 aromatic rings. The Kier molecular flexibility index (Phi) is 9.84. The number of esters is 1. The second-order valence-electron chi connectivity index (χ2n) is 1.22. The molecule has 60 valence electrons. The highest BCUT2D eigenvalue weighted by Crippen LogP contribution is 1.67. The molecule has 0 unspecified atom stereocenters. The third-order valence-electron chi connectivity index (χ3n) is 0.402. The molecule has 0 rings (SSSR count). The van der Waals surface area contributed by atoms with E-state index >= 15 is 0 Å². The third kappa shape index (κ3) is 26.9. The van der Waals surface area contributed by atoms with Crippen LogP contribution >= 0.6 is 11.6 Å². The van der Waals surface area contributed by atoms with Crippen molar-refractivity contribution in [1.82, 2.24) is 0 Å². The second kappa shape index (κ2) is 8.23. The number of carbonyl (C=O) groups excluding carboxylic acids is 1. The lowest BCUT2D eigenvalue weighted by molar-refractivity contribution is -0.138. The summed E-state index contributed by atoms with van der Waals surface area (Å²) < 4.78 is 4.11. The van der Waals surface area contributed by atoms with Crippen molar-refractivity contribution in [1.29, 1.82) is 0 Å². The molecule has 0 bridgehead atoms. The van der Waals surface area contributed by atoms with Gasteiger partial charge in [0.25, 0.3) is 0 Å². The highest BCUT2D eigenvalue weighted by Gasteiger charge is 1.83. The summed E-state index contributed by atoms with van der Waals surface area (Å²) in [6, 6.07) is 0. The Morgan fingerprint density at radius 3 is 1.80 bits per heavy atom. The number of carboxylic acid groups (broad SMARTS) is 1. The molecule has 0 spiro atoms. The van der Waals surface area contributed by atoms with Crippen LogP contribution in [0.15, 0.2) is 0 Å². The molecule has 10 heavy (non-hydrogen) atoms. The van der Waals surface area contributed by atoms with Gasteiger partial charge in [-0.2, -0.15) is 0 Å². The molecule has 5 heteroatoms. The summed E-state index contributed by atoms with van der Waals surface area (Å²) in [5.41, 5.74) is 0. The molecular weight excluding hydrogens is 160 g/mol. The van der Waals surface area contributed by atoms with E-state index in [2.05, 4.69) is 4.74 Å². The van der Waals surface area contributed by atoms with Gasteiger partial charge >= 0.3 is 11.9 Å². The van der Waals surface area contributed by atoms with Gasteiger partial charge < -0.3 is 9.84 Å². The molecule has 0 heterocycles. The summed E-state index contributed by atoms with van der Waals surface area (Å²) in [6.45, 7) is 1.36. The normalized spacial score (nSPS) is 7.10. The predicted octanol–water partition coefficient (Wildman–Crippen LogP) is 0.489. The van der Waals surface area contributed by atoms with Gasteiger partial charge in [0.2, 0.25) is 0 Å². The van der Waals surface area contributed by atoms with Crippen molar-refractivity contribution in [3.05, 3.63) is 0 Å². The number of carboxylic acids is 1. The fourth-order valence-corrected chi connectivity index (χ4v) is 0. The number of rotatable bonds is 1. The highest BCUT2D eigenvalue weighted by atomic mass is 35.5. The number of carbonyl (C=O) groups is 2.